The van der Waals surface area contributed by atoms with Gasteiger partial charge < -0.3 is 11.1 Å². The number of nitrogens with two attached hydrogens (primary N) is 1. The third kappa shape index (κ3) is 5.67. The summed E-state index contributed by atoms with van der Waals surface area (Å²) in [5, 5.41) is 2.73. The molecule has 0 aliphatic heterocycles. The van der Waals surface area contributed by atoms with Crippen LogP contribution in [0, 0.1) is 0 Å². The molecule has 3 nitrogen and oxygen atoms in total. The minimum absolute atomic E-state index is 0.312. The lowest BCUT2D eigenvalue weighted by Gasteiger charge is -2.16. The van der Waals surface area contributed by atoms with Crippen molar-refractivity contribution in [1.29, 1.82) is 0 Å². The fourth-order valence-corrected chi connectivity index (χ4v) is 1.49. The van der Waals surface area contributed by atoms with Crippen molar-refractivity contribution < 1.29 is 18.0 Å². The third-order valence-electron chi connectivity index (χ3n) is 2.46. The van der Waals surface area contributed by atoms with Gasteiger partial charge in [0.15, 0.2) is 0 Å². The minimum Gasteiger partial charge on any atom is -0.368 e. The van der Waals surface area contributed by atoms with Crippen LogP contribution in [0.4, 0.5) is 13.2 Å². The molecule has 1 amide bonds. The van der Waals surface area contributed by atoms with Gasteiger partial charge in [-0.3, -0.25) is 4.79 Å². The van der Waals surface area contributed by atoms with Crippen LogP contribution in [0.2, 0.25) is 0 Å². The van der Waals surface area contributed by atoms with Crippen molar-refractivity contribution in [2.24, 2.45) is 5.73 Å². The van der Waals surface area contributed by atoms with E-state index in [-0.39, 0.29) is 6.42 Å². The number of amides is 1. The van der Waals surface area contributed by atoms with E-state index in [0.717, 1.165) is 5.56 Å². The molecule has 0 aliphatic rings. The predicted octanol–water partition coefficient (Wildman–Crippen LogP) is 1.97. The summed E-state index contributed by atoms with van der Waals surface area (Å²) in [4.78, 5) is 11.0. The summed E-state index contributed by atoms with van der Waals surface area (Å²) in [6.07, 6.45) is -5.64. The number of hydrogen-bond acceptors (Lipinski definition) is 2. The monoisotopic (exact) mass is 260 g/mol. The Kier molecular flexibility index (Phi) is 5.15. The summed E-state index contributed by atoms with van der Waals surface area (Å²) in [6, 6.07) is 8.12. The van der Waals surface area contributed by atoms with Crippen LogP contribution in [-0.4, -0.2) is 18.1 Å². The highest BCUT2D eigenvalue weighted by Gasteiger charge is 2.29. The normalized spacial score (nSPS) is 13.3. The van der Waals surface area contributed by atoms with E-state index in [9.17, 15) is 18.0 Å². The van der Waals surface area contributed by atoms with E-state index in [1.54, 1.807) is 0 Å². The van der Waals surface area contributed by atoms with Gasteiger partial charge in [0.05, 0.1) is 6.04 Å². The van der Waals surface area contributed by atoms with Gasteiger partial charge in [-0.1, -0.05) is 30.3 Å². The van der Waals surface area contributed by atoms with E-state index >= 15 is 0 Å². The highest BCUT2D eigenvalue weighted by molar-refractivity contribution is 5.79. The van der Waals surface area contributed by atoms with Crippen LogP contribution in [0.15, 0.2) is 30.3 Å². The molecule has 0 fully saturated rings. The van der Waals surface area contributed by atoms with Crippen LogP contribution < -0.4 is 11.1 Å². The van der Waals surface area contributed by atoms with Crippen molar-refractivity contribution in [1.82, 2.24) is 5.32 Å². The van der Waals surface area contributed by atoms with Crippen LogP contribution in [0.3, 0.4) is 0 Å². The topological polar surface area (TPSA) is 55.1 Å². The average molecular weight is 260 g/mol. The first-order valence-electron chi connectivity index (χ1n) is 5.52. The smallest absolute Gasteiger partial charge is 0.368 e. The van der Waals surface area contributed by atoms with E-state index < -0.39 is 24.5 Å². The lowest BCUT2D eigenvalue weighted by molar-refractivity contribution is -0.138. The Balaban J connectivity index is 2.46. The number of nitrogens with one attached hydrogen (secondary N) is 1. The standard InChI is InChI=1S/C12H15F3N2O/c13-12(14,15)7-6-10(11(16)18)17-8-9-4-2-1-3-5-9/h1-5,10,17H,6-8H2,(H2,16,18). The molecule has 6 heteroatoms. The molecule has 1 unspecified atom stereocenters. The van der Waals surface area contributed by atoms with Gasteiger partial charge in [0.2, 0.25) is 5.91 Å². The third-order valence-corrected chi connectivity index (χ3v) is 2.46. The molecule has 0 saturated carbocycles. The van der Waals surface area contributed by atoms with Crippen LogP contribution in [0.1, 0.15) is 18.4 Å². The fraction of sp³-hybridized carbons (Fsp3) is 0.417. The molecule has 0 heterocycles. The Hall–Kier alpha value is -1.56. The minimum atomic E-state index is -4.28. The first kappa shape index (κ1) is 14.5. The number of rotatable bonds is 6. The first-order valence-corrected chi connectivity index (χ1v) is 5.52. The molecule has 1 aromatic rings. The number of primary amides is 1. The van der Waals surface area contributed by atoms with Crippen LogP contribution in [-0.2, 0) is 11.3 Å². The van der Waals surface area contributed by atoms with Crippen molar-refractivity contribution >= 4 is 5.91 Å². The van der Waals surface area contributed by atoms with Crippen molar-refractivity contribution in [3.63, 3.8) is 0 Å². The molecule has 0 aliphatic carbocycles. The Morgan fingerprint density at radius 1 is 1.28 bits per heavy atom. The molecule has 3 N–H and O–H groups in total. The van der Waals surface area contributed by atoms with Gasteiger partial charge >= 0.3 is 6.18 Å². The van der Waals surface area contributed by atoms with Crippen LogP contribution >= 0.6 is 0 Å². The SMILES string of the molecule is NC(=O)C(CCC(F)(F)F)NCc1ccccc1. The summed E-state index contributed by atoms with van der Waals surface area (Å²) in [7, 11) is 0. The number of hydrogen-bond donors (Lipinski definition) is 2. The number of alkyl halides is 3. The largest absolute Gasteiger partial charge is 0.389 e. The fourth-order valence-electron chi connectivity index (χ4n) is 1.49. The summed E-state index contributed by atoms with van der Waals surface area (Å²) < 4.78 is 36.2. The van der Waals surface area contributed by atoms with Gasteiger partial charge in [0, 0.05) is 13.0 Å². The average Bonchev–Trinajstić information content (AvgIpc) is 2.28. The second kappa shape index (κ2) is 6.39. The van der Waals surface area contributed by atoms with Crippen molar-refractivity contribution in [2.75, 3.05) is 0 Å². The Bertz CT molecular complexity index is 379. The Morgan fingerprint density at radius 2 is 1.89 bits per heavy atom. The Morgan fingerprint density at radius 3 is 2.39 bits per heavy atom. The van der Waals surface area contributed by atoms with E-state index in [1.165, 1.54) is 0 Å². The zero-order valence-corrected chi connectivity index (χ0v) is 9.70. The molecule has 1 atom stereocenters. The maximum Gasteiger partial charge on any atom is 0.389 e. The molecule has 0 aromatic heterocycles. The van der Waals surface area contributed by atoms with E-state index in [1.807, 2.05) is 30.3 Å². The molecule has 0 spiro atoms. The van der Waals surface area contributed by atoms with Gasteiger partial charge in [-0.05, 0) is 12.0 Å². The van der Waals surface area contributed by atoms with Crippen LogP contribution in [0.25, 0.3) is 0 Å². The van der Waals surface area contributed by atoms with Crippen LogP contribution in [0.5, 0.6) is 0 Å². The molecule has 1 rings (SSSR count). The van der Waals surface area contributed by atoms with Gasteiger partial charge in [-0.2, -0.15) is 13.2 Å². The van der Waals surface area contributed by atoms with Crippen molar-refractivity contribution in [3.8, 4) is 0 Å². The zero-order chi connectivity index (χ0) is 13.6. The quantitative estimate of drug-likeness (QED) is 0.821. The molecular weight excluding hydrogens is 245 g/mol. The molecule has 1 aromatic carbocycles. The number of carbonyl (C=O) groups excluding carboxylic acids is 1. The highest BCUT2D eigenvalue weighted by Crippen LogP contribution is 2.22. The van der Waals surface area contributed by atoms with E-state index in [0.29, 0.717) is 6.54 Å². The second-order valence-electron chi connectivity index (χ2n) is 3.98. The lowest BCUT2D eigenvalue weighted by atomic mass is 10.1. The summed E-state index contributed by atoms with van der Waals surface area (Å²) >= 11 is 0. The number of carbonyl (C=O) groups is 1. The van der Waals surface area contributed by atoms with E-state index in [2.05, 4.69) is 5.32 Å². The van der Waals surface area contributed by atoms with Gasteiger partial charge in [-0.15, -0.1) is 0 Å². The maximum absolute atomic E-state index is 12.1. The second-order valence-corrected chi connectivity index (χ2v) is 3.98. The molecule has 0 saturated heterocycles. The van der Waals surface area contributed by atoms with Gasteiger partial charge in [0.25, 0.3) is 0 Å². The zero-order valence-electron chi connectivity index (χ0n) is 9.70. The van der Waals surface area contributed by atoms with Gasteiger partial charge in [-0.25, -0.2) is 0 Å². The summed E-state index contributed by atoms with van der Waals surface area (Å²) in [5.74, 6) is -0.768. The van der Waals surface area contributed by atoms with Crippen molar-refractivity contribution in [3.05, 3.63) is 35.9 Å². The predicted molar refractivity (Wildman–Crippen MR) is 61.6 cm³/mol. The molecule has 0 radical (unpaired) electrons. The molecule has 18 heavy (non-hydrogen) atoms. The Labute approximate surface area is 103 Å². The van der Waals surface area contributed by atoms with Gasteiger partial charge in [0.1, 0.15) is 0 Å². The summed E-state index contributed by atoms with van der Waals surface area (Å²) in [6.45, 7) is 0.312. The highest BCUT2D eigenvalue weighted by atomic mass is 19.4. The first-order chi connectivity index (χ1) is 8.38. The summed E-state index contributed by atoms with van der Waals surface area (Å²) in [5.41, 5.74) is 5.95. The molecular formula is C12H15F3N2O. The number of benzene rings is 1. The maximum atomic E-state index is 12.1. The van der Waals surface area contributed by atoms with Crippen molar-refractivity contribution in [2.45, 2.75) is 31.6 Å². The molecule has 100 valence electrons. The lowest BCUT2D eigenvalue weighted by Crippen LogP contribution is -2.41. The number of halogens is 3. The molecule has 0 bridgehead atoms. The van der Waals surface area contributed by atoms with E-state index in [4.69, 9.17) is 5.73 Å².